The molecule has 1 aliphatic heterocycles. The average Bonchev–Trinajstić information content (AvgIpc) is 2.96. The molecule has 1 aliphatic carbocycles. The van der Waals surface area contributed by atoms with Crippen LogP contribution >= 0.6 is 11.8 Å². The maximum absolute atomic E-state index is 13.7. The summed E-state index contributed by atoms with van der Waals surface area (Å²) in [7, 11) is 0. The summed E-state index contributed by atoms with van der Waals surface area (Å²) < 4.78 is 2.06. The number of nitrogens with one attached hydrogen (secondary N) is 1. The van der Waals surface area contributed by atoms with Crippen molar-refractivity contribution in [1.29, 1.82) is 0 Å². The van der Waals surface area contributed by atoms with Crippen LogP contribution in [0.4, 0.5) is 0 Å². The topological polar surface area (TPSA) is 54.3 Å². The van der Waals surface area contributed by atoms with Gasteiger partial charge in [-0.15, -0.1) is 0 Å². The molecule has 0 spiro atoms. The van der Waals surface area contributed by atoms with E-state index in [2.05, 4.69) is 16.8 Å². The van der Waals surface area contributed by atoms with E-state index < -0.39 is 5.54 Å². The Hall–Kier alpha value is -1.95. The molecule has 1 atom stereocenters. The zero-order valence-corrected chi connectivity index (χ0v) is 20.4. The van der Waals surface area contributed by atoms with Crippen molar-refractivity contribution in [1.82, 2.24) is 14.8 Å². The Kier molecular flexibility index (Phi) is 7.49. The molecule has 0 bridgehead atoms. The molecule has 2 aromatic rings. The summed E-state index contributed by atoms with van der Waals surface area (Å²) in [6, 6.07) is 10.3. The van der Waals surface area contributed by atoms with Crippen molar-refractivity contribution in [3.8, 4) is 0 Å². The minimum Gasteiger partial charge on any atom is -0.351 e. The van der Waals surface area contributed by atoms with Gasteiger partial charge >= 0.3 is 0 Å². The molecule has 2 amide bonds. The monoisotopic (exact) mass is 455 g/mol. The fourth-order valence-corrected chi connectivity index (χ4v) is 6.02. The standard InChI is InChI=1S/C26H37N3O2S/c1-3-16-32-17-10-15-29-24(30)23-18-20-11-8-9-14-22(20)28(23)19-26(29,2)25(31)27-21-12-6-4-5-7-13-21/h8-9,11,14,18,21H,3-7,10,12-13,15-17,19H2,1-2H3,(H,27,31)/t26-/m0/s1. The van der Waals surface area contributed by atoms with Gasteiger partial charge in [-0.25, -0.2) is 0 Å². The van der Waals surface area contributed by atoms with Gasteiger partial charge in [-0.05, 0) is 56.2 Å². The Morgan fingerprint density at radius 2 is 1.91 bits per heavy atom. The molecular formula is C26H37N3O2S. The predicted octanol–water partition coefficient (Wildman–Crippen LogP) is 5.23. The van der Waals surface area contributed by atoms with Crippen molar-refractivity contribution in [3.05, 3.63) is 36.0 Å². The summed E-state index contributed by atoms with van der Waals surface area (Å²) >= 11 is 1.93. The molecule has 1 saturated carbocycles. The van der Waals surface area contributed by atoms with Gasteiger partial charge in [0.2, 0.25) is 5.91 Å². The van der Waals surface area contributed by atoms with Gasteiger partial charge in [0.15, 0.2) is 0 Å². The smallest absolute Gasteiger partial charge is 0.271 e. The third-order valence-corrected chi connectivity index (χ3v) is 8.31. The third-order valence-electron chi connectivity index (χ3n) is 7.03. The number of aromatic nitrogens is 1. The second-order valence-corrected chi connectivity index (χ2v) is 10.8. The highest BCUT2D eigenvalue weighted by molar-refractivity contribution is 7.99. The molecule has 4 rings (SSSR count). The van der Waals surface area contributed by atoms with Crippen LogP contribution in [0, 0.1) is 0 Å². The number of fused-ring (bicyclic) bond motifs is 3. The van der Waals surface area contributed by atoms with Crippen molar-refractivity contribution >= 4 is 34.5 Å². The molecule has 2 aliphatic rings. The van der Waals surface area contributed by atoms with Crippen LogP contribution in [0.2, 0.25) is 0 Å². The van der Waals surface area contributed by atoms with Crippen molar-refractivity contribution in [2.45, 2.75) is 83.3 Å². The quantitative estimate of drug-likeness (QED) is 0.438. The normalized spacial score (nSPS) is 22.1. The highest BCUT2D eigenvalue weighted by Crippen LogP contribution is 2.33. The summed E-state index contributed by atoms with van der Waals surface area (Å²) in [5, 5.41) is 4.41. The number of carbonyl (C=O) groups is 2. The zero-order chi connectivity index (χ0) is 22.6. The van der Waals surface area contributed by atoms with Crippen LogP contribution in [0.5, 0.6) is 0 Å². The maximum atomic E-state index is 13.7. The molecule has 5 nitrogen and oxygen atoms in total. The van der Waals surface area contributed by atoms with Crippen LogP contribution in [0.3, 0.4) is 0 Å². The zero-order valence-electron chi connectivity index (χ0n) is 19.6. The predicted molar refractivity (Wildman–Crippen MR) is 133 cm³/mol. The first-order valence-electron chi connectivity index (χ1n) is 12.3. The highest BCUT2D eigenvalue weighted by atomic mass is 32.2. The van der Waals surface area contributed by atoms with Crippen molar-refractivity contribution in [2.75, 3.05) is 18.1 Å². The number of hydrogen-bond acceptors (Lipinski definition) is 3. The van der Waals surface area contributed by atoms with Crippen molar-refractivity contribution in [2.24, 2.45) is 0 Å². The van der Waals surface area contributed by atoms with Gasteiger partial charge in [-0.1, -0.05) is 50.8 Å². The minimum absolute atomic E-state index is 0.00222. The Morgan fingerprint density at radius 3 is 2.66 bits per heavy atom. The van der Waals surface area contributed by atoms with Crippen molar-refractivity contribution in [3.63, 3.8) is 0 Å². The largest absolute Gasteiger partial charge is 0.351 e. The lowest BCUT2D eigenvalue weighted by Crippen LogP contribution is -2.65. The van der Waals surface area contributed by atoms with Gasteiger partial charge in [0.1, 0.15) is 11.2 Å². The number of carbonyl (C=O) groups excluding carboxylic acids is 2. The number of rotatable bonds is 8. The van der Waals surface area contributed by atoms with Gasteiger partial charge in [0.05, 0.1) is 6.54 Å². The Bertz CT molecular complexity index is 948. The minimum atomic E-state index is -0.881. The lowest BCUT2D eigenvalue weighted by atomic mass is 9.93. The fourth-order valence-electron chi connectivity index (χ4n) is 5.19. The summed E-state index contributed by atoms with van der Waals surface area (Å²) in [5.74, 6) is 2.14. The first-order chi connectivity index (χ1) is 15.5. The Morgan fingerprint density at radius 1 is 1.16 bits per heavy atom. The van der Waals surface area contributed by atoms with Crippen molar-refractivity contribution < 1.29 is 9.59 Å². The van der Waals surface area contributed by atoms with Gasteiger partial charge < -0.3 is 14.8 Å². The molecular weight excluding hydrogens is 418 g/mol. The number of thioether (sulfide) groups is 1. The number of benzene rings is 1. The van der Waals surface area contributed by atoms with Crippen LogP contribution < -0.4 is 5.32 Å². The van der Waals surface area contributed by atoms with E-state index in [1.54, 1.807) is 0 Å². The van der Waals surface area contributed by atoms with E-state index in [4.69, 9.17) is 0 Å². The van der Waals surface area contributed by atoms with Gasteiger partial charge in [-0.2, -0.15) is 11.8 Å². The van der Waals surface area contributed by atoms with E-state index in [0.717, 1.165) is 48.1 Å². The molecule has 1 aromatic carbocycles. The summed E-state index contributed by atoms with van der Waals surface area (Å²) in [6.45, 7) is 5.27. The van der Waals surface area contributed by atoms with Crippen LogP contribution in [0.15, 0.2) is 30.3 Å². The molecule has 174 valence electrons. The molecule has 6 heteroatoms. The average molecular weight is 456 g/mol. The van der Waals surface area contributed by atoms with E-state index in [-0.39, 0.29) is 17.9 Å². The van der Waals surface area contributed by atoms with Crippen LogP contribution in [-0.2, 0) is 11.3 Å². The molecule has 1 fully saturated rings. The van der Waals surface area contributed by atoms with E-state index in [1.165, 1.54) is 25.7 Å². The molecule has 0 unspecified atom stereocenters. The van der Waals surface area contributed by atoms with E-state index in [0.29, 0.717) is 18.8 Å². The van der Waals surface area contributed by atoms with Crippen LogP contribution in [-0.4, -0.2) is 50.9 Å². The molecule has 1 N–H and O–H groups in total. The number of nitrogens with zero attached hydrogens (tertiary/aromatic N) is 2. The van der Waals surface area contributed by atoms with Gasteiger partial charge in [0.25, 0.3) is 5.91 Å². The van der Waals surface area contributed by atoms with Crippen LogP contribution in [0.25, 0.3) is 10.9 Å². The Labute approximate surface area is 196 Å². The first kappa shape index (κ1) is 23.2. The highest BCUT2D eigenvalue weighted by Gasteiger charge is 2.47. The van der Waals surface area contributed by atoms with Gasteiger partial charge in [-0.3, -0.25) is 9.59 Å². The molecule has 0 radical (unpaired) electrons. The number of para-hydroxylation sites is 1. The maximum Gasteiger partial charge on any atom is 0.271 e. The van der Waals surface area contributed by atoms with E-state index in [1.807, 2.05) is 53.9 Å². The molecule has 1 aromatic heterocycles. The molecule has 0 saturated heterocycles. The second kappa shape index (κ2) is 10.3. The summed E-state index contributed by atoms with van der Waals surface area (Å²) in [5.41, 5.74) is 0.850. The van der Waals surface area contributed by atoms with Crippen LogP contribution in [0.1, 0.15) is 75.7 Å². The summed E-state index contributed by atoms with van der Waals surface area (Å²) in [6.07, 6.45) is 9.00. The lowest BCUT2D eigenvalue weighted by Gasteiger charge is -2.44. The summed E-state index contributed by atoms with van der Waals surface area (Å²) in [4.78, 5) is 29.3. The molecule has 32 heavy (non-hydrogen) atoms. The fraction of sp³-hybridized carbons (Fsp3) is 0.615. The van der Waals surface area contributed by atoms with E-state index in [9.17, 15) is 9.59 Å². The SMILES string of the molecule is CCCSCCCN1C(=O)c2cc3ccccc3n2C[C@@]1(C)C(=O)NC1CCCCCC1. The molecule has 2 heterocycles. The second-order valence-electron chi connectivity index (χ2n) is 9.53. The number of amides is 2. The lowest BCUT2D eigenvalue weighted by molar-refractivity contribution is -0.133. The number of hydrogen-bond donors (Lipinski definition) is 1. The Balaban J connectivity index is 1.61. The van der Waals surface area contributed by atoms with E-state index >= 15 is 0 Å². The first-order valence-corrected chi connectivity index (χ1v) is 13.5. The third kappa shape index (κ3) is 4.70. The van der Waals surface area contributed by atoms with Gasteiger partial charge in [0, 0.05) is 23.5 Å².